The first-order valence-electron chi connectivity index (χ1n) is 10.9. The third-order valence-corrected chi connectivity index (χ3v) is 16.0. The van der Waals surface area contributed by atoms with E-state index in [0.29, 0.717) is 7.35 Å². The van der Waals surface area contributed by atoms with E-state index in [0.717, 1.165) is 8.58 Å². The number of fused-ring (bicyclic) bond motifs is 4. The first kappa shape index (κ1) is 24.6. The van der Waals surface area contributed by atoms with E-state index in [9.17, 15) is 0 Å². The van der Waals surface area contributed by atoms with Crippen molar-refractivity contribution >= 4 is 20.0 Å². The van der Waals surface area contributed by atoms with Crippen LogP contribution in [0.1, 0.15) is 35.2 Å². The summed E-state index contributed by atoms with van der Waals surface area (Å²) in [7, 11) is 0.772. The Hall–Kier alpha value is -1.50. The van der Waals surface area contributed by atoms with E-state index in [1.807, 2.05) is 0 Å². The van der Waals surface area contributed by atoms with Crippen molar-refractivity contribution in [2.45, 2.75) is 14.3 Å². The molecule has 2 atom stereocenters. The fraction of sp³-hybridized carbons (Fsp3) is 0.103. The molecule has 0 bridgehead atoms. The molecule has 0 aliphatic heterocycles. The molecule has 0 saturated carbocycles. The van der Waals surface area contributed by atoms with Crippen LogP contribution >= 0.6 is 8.58 Å². The van der Waals surface area contributed by atoms with Crippen LogP contribution in [0, 0.1) is 6.92 Å². The first-order chi connectivity index (χ1) is 15.3. The van der Waals surface area contributed by atoms with Crippen LogP contribution in [-0.4, -0.2) is 0 Å². The van der Waals surface area contributed by atoms with Crippen molar-refractivity contribution in [2.75, 3.05) is 0 Å². The van der Waals surface area contributed by atoms with Crippen LogP contribution in [0.15, 0.2) is 102 Å². The van der Waals surface area contributed by atoms with E-state index in [4.69, 9.17) is 0 Å². The molecule has 33 heavy (non-hydrogen) atoms. The van der Waals surface area contributed by atoms with E-state index in [1.165, 1.54) is 27.6 Å². The Kier molecular flexibility index (Phi) is 7.76. The molecular formula is C29H23Cl2HfP. The zero-order valence-electron chi connectivity index (χ0n) is 18.2. The Bertz CT molecular complexity index is 1290. The molecule has 0 fully saturated rings. The monoisotopic (exact) mass is 652 g/mol. The molecule has 0 radical (unpaired) electrons. The van der Waals surface area contributed by atoms with E-state index in [2.05, 4.69) is 110 Å². The van der Waals surface area contributed by atoms with Crippen molar-refractivity contribution in [2.24, 2.45) is 0 Å². The third-order valence-electron chi connectivity index (χ3n) is 6.52. The van der Waals surface area contributed by atoms with Crippen molar-refractivity contribution in [3.63, 3.8) is 0 Å². The summed E-state index contributed by atoms with van der Waals surface area (Å²) >= 11 is -1.15. The molecule has 4 aromatic rings. The SMILES string of the molecule is Cc1ccccc1PC1=Cc2ccccc2[CH]1[Hf+2][CH]1c2ccccc2-c2ccccc21.[Cl-].[Cl-]. The van der Waals surface area contributed by atoms with Crippen LogP contribution in [-0.2, 0) is 22.9 Å². The molecule has 0 N–H and O–H groups in total. The van der Waals surface area contributed by atoms with Crippen molar-refractivity contribution in [1.29, 1.82) is 0 Å². The summed E-state index contributed by atoms with van der Waals surface area (Å²) in [4.78, 5) is 0. The van der Waals surface area contributed by atoms with Gasteiger partial charge in [0.05, 0.1) is 0 Å². The quantitative estimate of drug-likeness (QED) is 0.231. The summed E-state index contributed by atoms with van der Waals surface area (Å²) in [6, 6.07) is 36.4. The van der Waals surface area contributed by atoms with Gasteiger partial charge in [-0.25, -0.2) is 0 Å². The maximum absolute atomic E-state index is 2.52. The van der Waals surface area contributed by atoms with E-state index < -0.39 is 22.9 Å². The Labute approximate surface area is 221 Å². The molecule has 0 spiro atoms. The molecule has 0 heterocycles. The van der Waals surface area contributed by atoms with Gasteiger partial charge in [0.1, 0.15) is 0 Å². The molecule has 162 valence electrons. The number of rotatable bonds is 4. The van der Waals surface area contributed by atoms with E-state index in [1.54, 1.807) is 22.0 Å². The number of benzene rings is 4. The van der Waals surface area contributed by atoms with Crippen molar-refractivity contribution < 1.29 is 47.7 Å². The second kappa shape index (κ2) is 10.4. The minimum atomic E-state index is -1.15. The van der Waals surface area contributed by atoms with Gasteiger partial charge in [0, 0.05) is 0 Å². The minimum Gasteiger partial charge on any atom is -1.00 e. The van der Waals surface area contributed by atoms with Gasteiger partial charge in [0.2, 0.25) is 0 Å². The van der Waals surface area contributed by atoms with E-state index in [-0.39, 0.29) is 24.8 Å². The molecule has 0 aromatic heterocycles. The minimum absolute atomic E-state index is 0. The van der Waals surface area contributed by atoms with Gasteiger partial charge in [0.15, 0.2) is 0 Å². The molecule has 0 saturated heterocycles. The van der Waals surface area contributed by atoms with Gasteiger partial charge < -0.3 is 24.8 Å². The largest absolute Gasteiger partial charge is 1.00 e. The van der Waals surface area contributed by atoms with Gasteiger partial charge in [-0.1, -0.05) is 0 Å². The number of hydrogen-bond acceptors (Lipinski definition) is 0. The predicted octanol–water partition coefficient (Wildman–Crippen LogP) is 1.26. The van der Waals surface area contributed by atoms with Crippen LogP contribution in [0.5, 0.6) is 0 Å². The number of hydrogen-bond donors (Lipinski definition) is 0. The van der Waals surface area contributed by atoms with Crippen molar-refractivity contribution in [3.8, 4) is 11.1 Å². The maximum Gasteiger partial charge on any atom is -1.00 e. The molecule has 0 nitrogen and oxygen atoms in total. The summed E-state index contributed by atoms with van der Waals surface area (Å²) in [6.07, 6.45) is 2.52. The van der Waals surface area contributed by atoms with Crippen molar-refractivity contribution in [3.05, 3.63) is 130 Å². The molecule has 0 amide bonds. The van der Waals surface area contributed by atoms with Crippen LogP contribution in [0.2, 0.25) is 0 Å². The molecule has 4 heteroatoms. The molecule has 2 aliphatic rings. The summed E-state index contributed by atoms with van der Waals surface area (Å²) < 4.78 is 1.31. The molecule has 2 unspecified atom stereocenters. The van der Waals surface area contributed by atoms with Crippen LogP contribution in [0.4, 0.5) is 0 Å². The number of allylic oxidation sites excluding steroid dienone is 1. The summed E-state index contributed by atoms with van der Waals surface area (Å²) in [5.41, 5.74) is 10.5. The summed E-state index contributed by atoms with van der Waals surface area (Å²) in [5, 5.41) is 3.17. The van der Waals surface area contributed by atoms with Crippen molar-refractivity contribution in [1.82, 2.24) is 0 Å². The number of aryl methyl sites for hydroxylation is 1. The maximum atomic E-state index is 2.52. The average molecular weight is 652 g/mol. The van der Waals surface area contributed by atoms with Gasteiger partial charge >= 0.3 is 198 Å². The normalized spacial score (nSPS) is 15.7. The van der Waals surface area contributed by atoms with Gasteiger partial charge in [-0.15, -0.1) is 0 Å². The van der Waals surface area contributed by atoms with E-state index >= 15 is 0 Å². The van der Waals surface area contributed by atoms with Gasteiger partial charge in [-0.05, 0) is 0 Å². The van der Waals surface area contributed by atoms with Gasteiger partial charge in [-0.2, -0.15) is 0 Å². The average Bonchev–Trinajstić information content (AvgIpc) is 3.32. The smallest absolute Gasteiger partial charge is 1.00 e. The molecule has 6 rings (SSSR count). The number of halogens is 2. The predicted molar refractivity (Wildman–Crippen MR) is 130 cm³/mol. The Morgan fingerprint density at radius 1 is 0.606 bits per heavy atom. The van der Waals surface area contributed by atoms with Gasteiger partial charge in [0.25, 0.3) is 0 Å². The zero-order chi connectivity index (χ0) is 20.8. The topological polar surface area (TPSA) is 0 Å². The second-order valence-electron chi connectivity index (χ2n) is 8.38. The Morgan fingerprint density at radius 2 is 1.15 bits per heavy atom. The standard InChI is InChI=1S/C16H14P.C13H9.2ClH.Hf/c1-12-6-2-5-9-16(12)17-15-10-13-7-3-4-8-14(13)11-15;1-3-7-12-10(5-1)9-11-6-2-4-8-13(11)12;;;/h2-11,17H,1H3;1-9H;2*1H;/q;;;;+2/p-2. The fourth-order valence-corrected chi connectivity index (χ4v) is 14.6. The summed E-state index contributed by atoms with van der Waals surface area (Å²) in [6.45, 7) is 2.26. The Morgan fingerprint density at radius 3 is 1.82 bits per heavy atom. The fourth-order valence-electron chi connectivity index (χ4n) is 4.98. The van der Waals surface area contributed by atoms with Gasteiger partial charge in [-0.3, -0.25) is 0 Å². The Balaban J connectivity index is 0.00000130. The van der Waals surface area contributed by atoms with Crippen LogP contribution < -0.4 is 30.1 Å². The second-order valence-corrected chi connectivity index (χ2v) is 15.1. The molecular weight excluding hydrogens is 629 g/mol. The third kappa shape index (κ3) is 4.46. The molecule has 2 aliphatic carbocycles. The molecule has 4 aromatic carbocycles. The summed E-state index contributed by atoms with van der Waals surface area (Å²) in [5.74, 6) is 0. The first-order valence-corrected chi connectivity index (χ1v) is 16.0. The van der Waals surface area contributed by atoms with Crippen LogP contribution in [0.25, 0.3) is 17.2 Å². The van der Waals surface area contributed by atoms with Crippen LogP contribution in [0.3, 0.4) is 0 Å². The zero-order valence-corrected chi connectivity index (χ0v) is 24.3.